The van der Waals surface area contributed by atoms with Gasteiger partial charge >= 0.3 is 0 Å². The summed E-state index contributed by atoms with van der Waals surface area (Å²) < 4.78 is 0.988. The third-order valence-electron chi connectivity index (χ3n) is 1.96. The first-order valence-electron chi connectivity index (χ1n) is 4.45. The van der Waals surface area contributed by atoms with E-state index in [0.29, 0.717) is 5.56 Å². The number of aromatic nitrogens is 1. The lowest BCUT2D eigenvalue weighted by Gasteiger charge is -2.03. The molecule has 0 aliphatic rings. The number of hydrogen-bond donors (Lipinski definition) is 2. The maximum atomic E-state index is 11.6. The molecule has 1 aromatic carbocycles. The first-order chi connectivity index (χ1) is 7.25. The van der Waals surface area contributed by atoms with Gasteiger partial charge in [0, 0.05) is 22.6 Å². The van der Waals surface area contributed by atoms with Crippen LogP contribution in [-0.4, -0.2) is 10.9 Å². The van der Waals surface area contributed by atoms with Crippen molar-refractivity contribution >= 4 is 27.5 Å². The van der Waals surface area contributed by atoms with Gasteiger partial charge in [0.2, 0.25) is 0 Å². The number of hydrogen-bond acceptors (Lipinski definition) is 1. The monoisotopic (exact) mass is 264 g/mol. The van der Waals surface area contributed by atoms with Crippen LogP contribution in [0.5, 0.6) is 0 Å². The Bertz CT molecular complexity index is 448. The molecule has 1 heterocycles. The molecule has 0 aliphatic carbocycles. The second-order valence-corrected chi connectivity index (χ2v) is 3.98. The quantitative estimate of drug-likeness (QED) is 0.861. The van der Waals surface area contributed by atoms with E-state index < -0.39 is 0 Å². The minimum absolute atomic E-state index is 0.112. The molecule has 0 saturated carbocycles. The van der Waals surface area contributed by atoms with E-state index in [1.807, 2.05) is 24.3 Å². The number of carbonyl (C=O) groups excluding carboxylic acids is 1. The molecular formula is C11H9BrN2O. The van der Waals surface area contributed by atoms with E-state index in [2.05, 4.69) is 26.2 Å². The lowest BCUT2D eigenvalue weighted by Crippen LogP contribution is -2.10. The van der Waals surface area contributed by atoms with Crippen LogP contribution in [-0.2, 0) is 0 Å². The third kappa shape index (κ3) is 2.47. The van der Waals surface area contributed by atoms with E-state index >= 15 is 0 Å². The van der Waals surface area contributed by atoms with E-state index in [4.69, 9.17) is 0 Å². The number of nitrogens with one attached hydrogen (secondary N) is 2. The predicted molar refractivity (Wildman–Crippen MR) is 62.9 cm³/mol. The molecule has 0 spiro atoms. The number of H-pyrrole nitrogens is 1. The zero-order valence-electron chi connectivity index (χ0n) is 7.83. The van der Waals surface area contributed by atoms with Gasteiger partial charge in [0.25, 0.3) is 5.91 Å². The van der Waals surface area contributed by atoms with Crippen LogP contribution < -0.4 is 5.32 Å². The van der Waals surface area contributed by atoms with Crippen LogP contribution in [0.3, 0.4) is 0 Å². The molecule has 0 aliphatic heterocycles. The molecule has 0 fully saturated rings. The Kier molecular flexibility index (Phi) is 2.87. The normalized spacial score (nSPS) is 9.93. The van der Waals surface area contributed by atoms with E-state index in [9.17, 15) is 4.79 Å². The van der Waals surface area contributed by atoms with Crippen molar-refractivity contribution in [2.24, 2.45) is 0 Å². The summed E-state index contributed by atoms with van der Waals surface area (Å²) >= 11 is 3.33. The Balaban J connectivity index is 2.09. The van der Waals surface area contributed by atoms with Crippen LogP contribution >= 0.6 is 15.9 Å². The van der Waals surface area contributed by atoms with Crippen molar-refractivity contribution < 1.29 is 4.79 Å². The molecule has 2 rings (SSSR count). The van der Waals surface area contributed by atoms with Crippen LogP contribution in [0.15, 0.2) is 47.2 Å². The van der Waals surface area contributed by atoms with Crippen molar-refractivity contribution in [3.63, 3.8) is 0 Å². The highest BCUT2D eigenvalue weighted by Crippen LogP contribution is 2.14. The van der Waals surface area contributed by atoms with E-state index in [1.54, 1.807) is 18.5 Å². The van der Waals surface area contributed by atoms with Crippen molar-refractivity contribution in [3.8, 4) is 0 Å². The van der Waals surface area contributed by atoms with Crippen LogP contribution in [0.4, 0.5) is 5.69 Å². The fourth-order valence-corrected chi connectivity index (χ4v) is 1.47. The molecule has 2 aromatic rings. The van der Waals surface area contributed by atoms with Crippen LogP contribution in [0.1, 0.15) is 10.4 Å². The Morgan fingerprint density at radius 3 is 2.53 bits per heavy atom. The molecule has 1 aromatic heterocycles. The standard InChI is InChI=1S/C11H9BrN2O/c12-9-1-3-10(4-2-9)14-11(15)8-5-6-13-7-8/h1-7,13H,(H,14,15). The Hall–Kier alpha value is -1.55. The maximum absolute atomic E-state index is 11.6. The lowest BCUT2D eigenvalue weighted by molar-refractivity contribution is 0.102. The summed E-state index contributed by atoms with van der Waals surface area (Å²) in [6.45, 7) is 0. The van der Waals surface area contributed by atoms with Gasteiger partial charge in [0.05, 0.1) is 5.56 Å². The van der Waals surface area contributed by atoms with Crippen LogP contribution in [0.2, 0.25) is 0 Å². The molecular weight excluding hydrogens is 256 g/mol. The summed E-state index contributed by atoms with van der Waals surface area (Å²) in [6.07, 6.45) is 3.38. The van der Waals surface area contributed by atoms with Gasteiger partial charge in [-0.2, -0.15) is 0 Å². The summed E-state index contributed by atoms with van der Waals surface area (Å²) in [7, 11) is 0. The molecule has 0 bridgehead atoms. The zero-order valence-corrected chi connectivity index (χ0v) is 9.41. The van der Waals surface area contributed by atoms with Crippen molar-refractivity contribution in [1.29, 1.82) is 0 Å². The van der Waals surface area contributed by atoms with Crippen molar-refractivity contribution in [2.45, 2.75) is 0 Å². The number of amides is 1. The minimum Gasteiger partial charge on any atom is -0.367 e. The smallest absolute Gasteiger partial charge is 0.257 e. The first-order valence-corrected chi connectivity index (χ1v) is 5.25. The SMILES string of the molecule is O=C(Nc1ccc(Br)cc1)c1cc[nH]c1. The van der Waals surface area contributed by atoms with Gasteiger partial charge in [0.15, 0.2) is 0 Å². The van der Waals surface area contributed by atoms with Gasteiger partial charge in [0.1, 0.15) is 0 Å². The molecule has 3 nitrogen and oxygen atoms in total. The van der Waals surface area contributed by atoms with E-state index in [-0.39, 0.29) is 5.91 Å². The molecule has 0 radical (unpaired) electrons. The van der Waals surface area contributed by atoms with E-state index in [1.165, 1.54) is 0 Å². The largest absolute Gasteiger partial charge is 0.367 e. The van der Waals surface area contributed by atoms with Gasteiger partial charge in [-0.1, -0.05) is 15.9 Å². The zero-order chi connectivity index (χ0) is 10.7. The maximum Gasteiger partial charge on any atom is 0.257 e. The second kappa shape index (κ2) is 4.31. The number of aromatic amines is 1. The molecule has 0 atom stereocenters. The fraction of sp³-hybridized carbons (Fsp3) is 0. The van der Waals surface area contributed by atoms with Gasteiger partial charge < -0.3 is 10.3 Å². The minimum atomic E-state index is -0.112. The molecule has 1 amide bonds. The summed E-state index contributed by atoms with van der Waals surface area (Å²) in [4.78, 5) is 14.5. The number of benzene rings is 1. The van der Waals surface area contributed by atoms with Crippen molar-refractivity contribution in [1.82, 2.24) is 4.98 Å². The molecule has 15 heavy (non-hydrogen) atoms. The van der Waals surface area contributed by atoms with Gasteiger partial charge in [-0.3, -0.25) is 4.79 Å². The molecule has 0 saturated heterocycles. The molecule has 0 unspecified atom stereocenters. The summed E-state index contributed by atoms with van der Waals surface area (Å²) in [5.74, 6) is -0.112. The summed E-state index contributed by atoms with van der Waals surface area (Å²) in [6, 6.07) is 9.18. The van der Waals surface area contributed by atoms with Crippen LogP contribution in [0, 0.1) is 0 Å². The highest BCUT2D eigenvalue weighted by Gasteiger charge is 2.05. The third-order valence-corrected chi connectivity index (χ3v) is 2.49. The first kappa shape index (κ1) is 9.98. The van der Waals surface area contributed by atoms with E-state index in [0.717, 1.165) is 10.2 Å². The Morgan fingerprint density at radius 2 is 1.93 bits per heavy atom. The number of rotatable bonds is 2. The molecule has 2 N–H and O–H groups in total. The topological polar surface area (TPSA) is 44.9 Å². The Labute approximate surface area is 95.6 Å². The highest BCUT2D eigenvalue weighted by molar-refractivity contribution is 9.10. The van der Waals surface area contributed by atoms with Gasteiger partial charge in [-0.25, -0.2) is 0 Å². The van der Waals surface area contributed by atoms with Crippen LogP contribution in [0.25, 0.3) is 0 Å². The van der Waals surface area contributed by atoms with Crippen molar-refractivity contribution in [2.75, 3.05) is 5.32 Å². The Morgan fingerprint density at radius 1 is 1.20 bits per heavy atom. The predicted octanol–water partition coefficient (Wildman–Crippen LogP) is 3.03. The number of halogens is 1. The van der Waals surface area contributed by atoms with Crippen molar-refractivity contribution in [3.05, 3.63) is 52.8 Å². The average molecular weight is 265 g/mol. The second-order valence-electron chi connectivity index (χ2n) is 3.06. The molecule has 4 heteroatoms. The molecule has 76 valence electrons. The average Bonchev–Trinajstić information content (AvgIpc) is 2.74. The fourth-order valence-electron chi connectivity index (χ4n) is 1.20. The summed E-state index contributed by atoms with van der Waals surface area (Å²) in [5.41, 5.74) is 1.40. The number of anilines is 1. The lowest BCUT2D eigenvalue weighted by atomic mass is 10.3. The highest BCUT2D eigenvalue weighted by atomic mass is 79.9. The summed E-state index contributed by atoms with van der Waals surface area (Å²) in [5, 5.41) is 2.79. The number of carbonyl (C=O) groups is 1. The van der Waals surface area contributed by atoms with Gasteiger partial charge in [-0.05, 0) is 30.3 Å². The van der Waals surface area contributed by atoms with Gasteiger partial charge in [-0.15, -0.1) is 0 Å².